The summed E-state index contributed by atoms with van der Waals surface area (Å²) < 4.78 is 5.11. The Labute approximate surface area is 126 Å². The predicted molar refractivity (Wildman–Crippen MR) is 83.0 cm³/mol. The van der Waals surface area contributed by atoms with E-state index in [0.29, 0.717) is 11.8 Å². The third-order valence-corrected chi connectivity index (χ3v) is 4.02. The Morgan fingerprint density at radius 1 is 1.43 bits per heavy atom. The summed E-state index contributed by atoms with van der Waals surface area (Å²) in [5.74, 6) is 2.19. The minimum Gasteiger partial charge on any atom is -0.472 e. The van der Waals surface area contributed by atoms with E-state index in [2.05, 4.69) is 24.1 Å². The molecule has 0 fully saturated rings. The highest BCUT2D eigenvalue weighted by Crippen LogP contribution is 2.25. The molecule has 0 spiro atoms. The molecular weight excluding hydrogens is 262 g/mol. The molecule has 0 radical (unpaired) electrons. The number of fused-ring (bicyclic) bond motifs is 1. The number of aromatic nitrogens is 2. The fourth-order valence-electron chi connectivity index (χ4n) is 2.86. The minimum atomic E-state index is 0.708. The molecule has 4 heteroatoms. The summed E-state index contributed by atoms with van der Waals surface area (Å²) in [6.45, 7) is 6.68. The molecule has 1 atom stereocenters. The quantitative estimate of drug-likeness (QED) is 0.917. The average Bonchev–Trinajstić information content (AvgIpc) is 3.00. The molecule has 1 aliphatic carbocycles. The lowest BCUT2D eigenvalue weighted by Gasteiger charge is -2.24. The van der Waals surface area contributed by atoms with Gasteiger partial charge in [0.2, 0.25) is 0 Å². The summed E-state index contributed by atoms with van der Waals surface area (Å²) in [6, 6.07) is 1.91. The van der Waals surface area contributed by atoms with Gasteiger partial charge in [-0.25, -0.2) is 9.97 Å². The van der Waals surface area contributed by atoms with Crippen molar-refractivity contribution in [1.29, 1.82) is 0 Å². The van der Waals surface area contributed by atoms with Gasteiger partial charge in [0.05, 0.1) is 11.8 Å². The van der Waals surface area contributed by atoms with Gasteiger partial charge < -0.3 is 9.73 Å². The van der Waals surface area contributed by atoms with Gasteiger partial charge >= 0.3 is 0 Å². The first-order valence-electron chi connectivity index (χ1n) is 7.80. The maximum atomic E-state index is 5.11. The topological polar surface area (TPSA) is 51.0 Å². The fraction of sp³-hybridized carbons (Fsp3) is 0.529. The summed E-state index contributed by atoms with van der Waals surface area (Å²) in [5.41, 5.74) is 3.48. The van der Waals surface area contributed by atoms with Crippen molar-refractivity contribution >= 4 is 0 Å². The van der Waals surface area contributed by atoms with Crippen LogP contribution in [0, 0.1) is 11.8 Å². The molecule has 21 heavy (non-hydrogen) atoms. The van der Waals surface area contributed by atoms with Crippen molar-refractivity contribution in [2.75, 3.05) is 13.1 Å². The Bertz CT molecular complexity index is 578. The summed E-state index contributed by atoms with van der Waals surface area (Å²) in [7, 11) is 0. The van der Waals surface area contributed by atoms with Gasteiger partial charge in [0.1, 0.15) is 6.26 Å². The van der Waals surface area contributed by atoms with Crippen LogP contribution >= 0.6 is 0 Å². The zero-order chi connectivity index (χ0) is 14.7. The van der Waals surface area contributed by atoms with Gasteiger partial charge in [-0.05, 0) is 55.8 Å². The molecule has 0 saturated heterocycles. The van der Waals surface area contributed by atoms with Crippen molar-refractivity contribution in [2.45, 2.75) is 33.1 Å². The molecule has 0 aromatic carbocycles. The van der Waals surface area contributed by atoms with Crippen molar-refractivity contribution in [3.8, 4) is 11.4 Å². The van der Waals surface area contributed by atoms with Crippen LogP contribution in [0.15, 0.2) is 29.2 Å². The van der Waals surface area contributed by atoms with Gasteiger partial charge in [-0.1, -0.05) is 13.8 Å². The van der Waals surface area contributed by atoms with E-state index in [4.69, 9.17) is 9.40 Å². The van der Waals surface area contributed by atoms with Gasteiger partial charge in [0.25, 0.3) is 0 Å². The van der Waals surface area contributed by atoms with E-state index in [9.17, 15) is 0 Å². The lowest BCUT2D eigenvalue weighted by Crippen LogP contribution is -2.30. The molecule has 1 aliphatic rings. The highest BCUT2D eigenvalue weighted by molar-refractivity contribution is 5.52. The van der Waals surface area contributed by atoms with Crippen molar-refractivity contribution in [2.24, 2.45) is 11.8 Å². The van der Waals surface area contributed by atoms with Crippen LogP contribution in [0.5, 0.6) is 0 Å². The Hall–Kier alpha value is -1.68. The molecule has 3 rings (SSSR count). The van der Waals surface area contributed by atoms with E-state index in [1.807, 2.05) is 12.3 Å². The summed E-state index contributed by atoms with van der Waals surface area (Å²) >= 11 is 0. The number of furan rings is 1. The standard InChI is InChI=1S/C17H23N3O/c1-12(2)8-18-9-13-3-4-16-15(7-13)10-19-17(20-16)14-5-6-21-11-14/h5-6,10-13,18H,3-4,7-9H2,1-2H3. The molecule has 0 amide bonds. The maximum Gasteiger partial charge on any atom is 0.162 e. The molecule has 2 heterocycles. The Kier molecular flexibility index (Phi) is 4.34. The molecule has 0 aliphatic heterocycles. The third-order valence-electron chi connectivity index (χ3n) is 4.02. The molecule has 112 valence electrons. The number of nitrogens with one attached hydrogen (secondary N) is 1. The van der Waals surface area contributed by atoms with Crippen LogP contribution < -0.4 is 5.32 Å². The van der Waals surface area contributed by atoms with Crippen LogP contribution in [-0.2, 0) is 12.8 Å². The second kappa shape index (κ2) is 6.39. The zero-order valence-corrected chi connectivity index (χ0v) is 12.8. The summed E-state index contributed by atoms with van der Waals surface area (Å²) in [4.78, 5) is 9.19. The van der Waals surface area contributed by atoms with Crippen molar-refractivity contribution < 1.29 is 4.42 Å². The van der Waals surface area contributed by atoms with Crippen LogP contribution in [0.25, 0.3) is 11.4 Å². The second-order valence-corrected chi connectivity index (χ2v) is 6.34. The first-order valence-corrected chi connectivity index (χ1v) is 7.80. The second-order valence-electron chi connectivity index (χ2n) is 6.34. The molecular formula is C17H23N3O. The Morgan fingerprint density at radius 2 is 2.33 bits per heavy atom. The molecule has 1 N–H and O–H groups in total. The first-order chi connectivity index (χ1) is 10.2. The molecule has 2 aromatic heterocycles. The van der Waals surface area contributed by atoms with Crippen LogP contribution in [0.4, 0.5) is 0 Å². The third kappa shape index (κ3) is 3.50. The van der Waals surface area contributed by atoms with Gasteiger partial charge in [-0.15, -0.1) is 0 Å². The van der Waals surface area contributed by atoms with Crippen molar-refractivity contribution in [1.82, 2.24) is 15.3 Å². The number of hydrogen-bond donors (Lipinski definition) is 1. The fourth-order valence-corrected chi connectivity index (χ4v) is 2.86. The number of rotatable bonds is 5. The maximum absolute atomic E-state index is 5.11. The molecule has 1 unspecified atom stereocenters. The predicted octanol–water partition coefficient (Wildman–Crippen LogP) is 3.09. The van der Waals surface area contributed by atoms with E-state index in [0.717, 1.165) is 37.3 Å². The van der Waals surface area contributed by atoms with E-state index in [-0.39, 0.29) is 0 Å². The van der Waals surface area contributed by atoms with Crippen LogP contribution in [-0.4, -0.2) is 23.1 Å². The van der Waals surface area contributed by atoms with Crippen LogP contribution in [0.1, 0.15) is 31.5 Å². The number of aryl methyl sites for hydroxylation is 1. The average molecular weight is 285 g/mol. The van der Waals surface area contributed by atoms with Gasteiger partial charge in [-0.2, -0.15) is 0 Å². The summed E-state index contributed by atoms with van der Waals surface area (Å²) in [6.07, 6.45) is 8.71. The normalized spacial score (nSPS) is 18.0. The smallest absolute Gasteiger partial charge is 0.162 e. The molecule has 4 nitrogen and oxygen atoms in total. The van der Waals surface area contributed by atoms with Gasteiger partial charge in [0.15, 0.2) is 5.82 Å². The van der Waals surface area contributed by atoms with Crippen molar-refractivity contribution in [3.05, 3.63) is 36.0 Å². The molecule has 0 saturated carbocycles. The number of nitrogens with zero attached hydrogens (tertiary/aromatic N) is 2. The minimum absolute atomic E-state index is 0.708. The van der Waals surface area contributed by atoms with E-state index >= 15 is 0 Å². The first kappa shape index (κ1) is 14.3. The highest BCUT2D eigenvalue weighted by Gasteiger charge is 2.20. The largest absolute Gasteiger partial charge is 0.472 e. The highest BCUT2D eigenvalue weighted by atomic mass is 16.3. The lowest BCUT2D eigenvalue weighted by molar-refractivity contribution is 0.405. The van der Waals surface area contributed by atoms with E-state index < -0.39 is 0 Å². The van der Waals surface area contributed by atoms with E-state index in [1.165, 1.54) is 17.7 Å². The SMILES string of the molecule is CC(C)CNCC1CCc2nc(-c3ccoc3)ncc2C1. The zero-order valence-electron chi connectivity index (χ0n) is 12.8. The molecule has 0 bridgehead atoms. The summed E-state index contributed by atoms with van der Waals surface area (Å²) in [5, 5.41) is 3.57. The molecule has 2 aromatic rings. The van der Waals surface area contributed by atoms with E-state index in [1.54, 1.807) is 12.5 Å². The Balaban J connectivity index is 1.64. The lowest BCUT2D eigenvalue weighted by atomic mass is 9.87. The van der Waals surface area contributed by atoms with Crippen LogP contribution in [0.3, 0.4) is 0 Å². The van der Waals surface area contributed by atoms with Crippen molar-refractivity contribution in [3.63, 3.8) is 0 Å². The number of hydrogen-bond acceptors (Lipinski definition) is 4. The Morgan fingerprint density at radius 3 is 3.10 bits per heavy atom. The monoisotopic (exact) mass is 285 g/mol. The van der Waals surface area contributed by atoms with Gasteiger partial charge in [-0.3, -0.25) is 0 Å². The van der Waals surface area contributed by atoms with Gasteiger partial charge in [0, 0.05) is 11.9 Å². The van der Waals surface area contributed by atoms with Crippen LogP contribution in [0.2, 0.25) is 0 Å².